The summed E-state index contributed by atoms with van der Waals surface area (Å²) in [6.45, 7) is 0.933. The van der Waals surface area contributed by atoms with Gasteiger partial charge in [0.2, 0.25) is 11.9 Å². The number of nitrogens with one attached hydrogen (secondary N) is 3. The lowest BCUT2D eigenvalue weighted by Crippen LogP contribution is -2.38. The summed E-state index contributed by atoms with van der Waals surface area (Å²) in [4.78, 5) is 38.5. The van der Waals surface area contributed by atoms with Gasteiger partial charge in [0.05, 0.1) is 18.1 Å². The van der Waals surface area contributed by atoms with Gasteiger partial charge in [-0.3, -0.25) is 9.78 Å². The minimum absolute atomic E-state index is 0.0694. The summed E-state index contributed by atoms with van der Waals surface area (Å²) in [7, 11) is 0. The molecule has 2 amide bonds. The number of benzene rings is 1. The van der Waals surface area contributed by atoms with E-state index in [9.17, 15) is 9.59 Å². The quantitative estimate of drug-likeness (QED) is 0.396. The smallest absolute Gasteiger partial charge is 0.407 e. The van der Waals surface area contributed by atoms with E-state index in [4.69, 9.17) is 16.7 Å². The van der Waals surface area contributed by atoms with E-state index in [1.54, 1.807) is 6.20 Å². The number of anilines is 5. The first-order chi connectivity index (χ1) is 17.4. The zero-order valence-electron chi connectivity index (χ0n) is 19.5. The van der Waals surface area contributed by atoms with Gasteiger partial charge in [0, 0.05) is 37.1 Å². The average Bonchev–Trinajstić information content (AvgIpc) is 2.86. The molecule has 0 saturated carbocycles. The molecule has 0 atom stereocenters. The molecule has 6 bridgehead atoms. The molecular weight excluding hydrogens is 482 g/mol. The number of carbonyl (C=O) groups excluding carboxylic acids is 1. The van der Waals surface area contributed by atoms with Crippen LogP contribution in [0.25, 0.3) is 0 Å². The van der Waals surface area contributed by atoms with E-state index in [0.717, 1.165) is 34.6 Å². The molecule has 3 aromatic rings. The number of aromatic nitrogens is 3. The average molecular weight is 508 g/mol. The summed E-state index contributed by atoms with van der Waals surface area (Å²) in [6, 6.07) is 7.74. The minimum Gasteiger partial charge on any atom is -0.465 e. The first-order valence-electron chi connectivity index (χ1n) is 11.8. The second-order valence-electron chi connectivity index (χ2n) is 9.06. The Morgan fingerprint density at radius 1 is 1.08 bits per heavy atom. The summed E-state index contributed by atoms with van der Waals surface area (Å²) in [5.74, 6) is 0.966. The van der Waals surface area contributed by atoms with Crippen LogP contribution in [0, 0.1) is 5.92 Å². The molecule has 36 heavy (non-hydrogen) atoms. The predicted octanol–water partition coefficient (Wildman–Crippen LogP) is 4.83. The zero-order valence-corrected chi connectivity index (χ0v) is 20.3. The zero-order chi connectivity index (χ0) is 25.1. The largest absolute Gasteiger partial charge is 0.465 e. The van der Waals surface area contributed by atoms with Crippen molar-refractivity contribution in [2.45, 2.75) is 32.1 Å². The second-order valence-corrected chi connectivity index (χ2v) is 9.47. The van der Waals surface area contributed by atoms with Crippen molar-refractivity contribution in [2.75, 3.05) is 29.0 Å². The van der Waals surface area contributed by atoms with E-state index in [1.165, 1.54) is 11.1 Å². The van der Waals surface area contributed by atoms with E-state index in [2.05, 4.69) is 30.9 Å². The number of carboxylic acid groups (broad SMARTS) is 1. The highest BCUT2D eigenvalue weighted by Crippen LogP contribution is 2.30. The lowest BCUT2D eigenvalue weighted by atomic mass is 9.93. The topological polar surface area (TPSA) is 132 Å². The highest BCUT2D eigenvalue weighted by molar-refractivity contribution is 6.32. The third-order valence-electron chi connectivity index (χ3n) is 6.48. The Balaban J connectivity index is 1.36. The molecule has 2 aliphatic heterocycles. The van der Waals surface area contributed by atoms with Crippen LogP contribution in [-0.2, 0) is 17.6 Å². The summed E-state index contributed by atoms with van der Waals surface area (Å²) in [5.41, 5.74) is 4.32. The van der Waals surface area contributed by atoms with Gasteiger partial charge in [0.25, 0.3) is 0 Å². The van der Waals surface area contributed by atoms with Gasteiger partial charge in [-0.05, 0) is 67.0 Å². The number of pyridine rings is 1. The van der Waals surface area contributed by atoms with Gasteiger partial charge in [0.1, 0.15) is 5.02 Å². The normalized spacial score (nSPS) is 15.4. The van der Waals surface area contributed by atoms with Gasteiger partial charge in [-0.25, -0.2) is 9.78 Å². The molecule has 0 radical (unpaired) electrons. The standard InChI is InChI=1S/C25H26ClN7O3/c26-20-14-28-24-30-19-9-16(12-27-13-19)1-2-17-11-18(29-23(20)32-24)3-4-21(17)31-22(34)10-15-5-7-33(8-6-15)25(35)36/h3-4,9,11-15H,1-2,5-8,10H2,(H,31,34)(H,35,36)(H2,28,29,30,32). The van der Waals surface area contributed by atoms with Crippen molar-refractivity contribution in [3.8, 4) is 0 Å². The monoisotopic (exact) mass is 507 g/mol. The number of piperidine rings is 1. The number of rotatable bonds is 3. The molecule has 1 fully saturated rings. The lowest BCUT2D eigenvalue weighted by molar-refractivity contribution is -0.117. The van der Waals surface area contributed by atoms with Crippen molar-refractivity contribution in [1.82, 2.24) is 19.9 Å². The number of carbonyl (C=O) groups is 2. The molecule has 5 rings (SSSR count). The Morgan fingerprint density at radius 2 is 1.92 bits per heavy atom. The Morgan fingerprint density at radius 3 is 2.72 bits per heavy atom. The maximum absolute atomic E-state index is 12.9. The molecule has 186 valence electrons. The number of amides is 2. The van der Waals surface area contributed by atoms with Crippen molar-refractivity contribution in [3.63, 3.8) is 0 Å². The van der Waals surface area contributed by atoms with Crippen LogP contribution < -0.4 is 16.0 Å². The van der Waals surface area contributed by atoms with Crippen LogP contribution in [0.5, 0.6) is 0 Å². The molecule has 10 nitrogen and oxygen atoms in total. The fraction of sp³-hybridized carbons (Fsp3) is 0.320. The van der Waals surface area contributed by atoms with Crippen LogP contribution in [-0.4, -0.2) is 50.0 Å². The Bertz CT molecular complexity index is 1290. The van der Waals surface area contributed by atoms with E-state index in [1.807, 2.05) is 30.5 Å². The van der Waals surface area contributed by atoms with Gasteiger partial charge in [-0.1, -0.05) is 11.6 Å². The molecule has 11 heteroatoms. The van der Waals surface area contributed by atoms with E-state index in [0.29, 0.717) is 55.6 Å². The van der Waals surface area contributed by atoms with Crippen LogP contribution in [0.1, 0.15) is 30.4 Å². The van der Waals surface area contributed by atoms with Crippen molar-refractivity contribution in [1.29, 1.82) is 0 Å². The maximum atomic E-state index is 12.9. The summed E-state index contributed by atoms with van der Waals surface area (Å²) in [6.07, 6.45) is 7.32. The number of aryl methyl sites for hydroxylation is 2. The van der Waals surface area contributed by atoms with E-state index < -0.39 is 6.09 Å². The third kappa shape index (κ3) is 5.65. The molecule has 2 aromatic heterocycles. The van der Waals surface area contributed by atoms with Crippen LogP contribution in [0.15, 0.2) is 42.9 Å². The first kappa shape index (κ1) is 23.8. The van der Waals surface area contributed by atoms with Gasteiger partial charge >= 0.3 is 6.09 Å². The molecule has 4 heterocycles. The van der Waals surface area contributed by atoms with Gasteiger partial charge in [0.15, 0.2) is 5.82 Å². The molecule has 0 unspecified atom stereocenters. The van der Waals surface area contributed by atoms with E-state index in [-0.39, 0.29) is 11.8 Å². The fourth-order valence-electron chi connectivity index (χ4n) is 4.54. The number of nitrogens with zero attached hydrogens (tertiary/aromatic N) is 4. The number of likely N-dealkylation sites (tertiary alicyclic amines) is 1. The van der Waals surface area contributed by atoms with Crippen LogP contribution in [0.3, 0.4) is 0 Å². The van der Waals surface area contributed by atoms with Crippen molar-refractivity contribution in [3.05, 3.63) is 59.0 Å². The predicted molar refractivity (Wildman–Crippen MR) is 137 cm³/mol. The Hall–Kier alpha value is -3.92. The van der Waals surface area contributed by atoms with Crippen LogP contribution >= 0.6 is 11.6 Å². The number of hydrogen-bond donors (Lipinski definition) is 4. The number of hydrogen-bond acceptors (Lipinski definition) is 7. The van der Waals surface area contributed by atoms with E-state index >= 15 is 0 Å². The van der Waals surface area contributed by atoms with Crippen molar-refractivity contribution >= 4 is 52.4 Å². The maximum Gasteiger partial charge on any atom is 0.407 e. The Kier molecular flexibility index (Phi) is 6.86. The SMILES string of the molecule is O=C(CC1CCN(C(=O)O)CC1)Nc1ccc2cc1CCc1cncc(c1)Nc1ncc(Cl)c(n1)N2. The molecule has 0 spiro atoms. The highest BCUT2D eigenvalue weighted by Gasteiger charge is 2.24. The second kappa shape index (κ2) is 10.4. The minimum atomic E-state index is -0.900. The summed E-state index contributed by atoms with van der Waals surface area (Å²) >= 11 is 6.33. The number of halogens is 1. The summed E-state index contributed by atoms with van der Waals surface area (Å²) in [5, 5.41) is 19.0. The van der Waals surface area contributed by atoms with Crippen molar-refractivity contribution in [2.24, 2.45) is 5.92 Å². The van der Waals surface area contributed by atoms with Gasteiger partial charge in [-0.2, -0.15) is 4.98 Å². The fourth-order valence-corrected chi connectivity index (χ4v) is 4.68. The summed E-state index contributed by atoms with van der Waals surface area (Å²) < 4.78 is 0. The molecule has 1 aromatic carbocycles. The van der Waals surface area contributed by atoms with Gasteiger partial charge in [-0.15, -0.1) is 0 Å². The molecule has 0 aliphatic carbocycles. The first-order valence-corrected chi connectivity index (χ1v) is 12.2. The van der Waals surface area contributed by atoms with Crippen molar-refractivity contribution < 1.29 is 14.7 Å². The molecular formula is C25H26ClN7O3. The molecule has 2 aliphatic rings. The highest BCUT2D eigenvalue weighted by atomic mass is 35.5. The lowest BCUT2D eigenvalue weighted by Gasteiger charge is -2.29. The van der Waals surface area contributed by atoms with Gasteiger partial charge < -0.3 is 26.0 Å². The molecule has 1 saturated heterocycles. The Labute approximate surface area is 213 Å². The van der Waals surface area contributed by atoms with Crippen LogP contribution in [0.4, 0.5) is 33.6 Å². The number of fused-ring (bicyclic) bond motifs is 6. The van der Waals surface area contributed by atoms with Crippen LogP contribution in [0.2, 0.25) is 5.02 Å². The molecule has 4 N–H and O–H groups in total. The third-order valence-corrected chi connectivity index (χ3v) is 6.76.